The van der Waals surface area contributed by atoms with Gasteiger partial charge in [0.1, 0.15) is 12.1 Å². The van der Waals surface area contributed by atoms with Crippen molar-refractivity contribution in [2.24, 2.45) is 0 Å². The zero-order valence-corrected chi connectivity index (χ0v) is 14.9. The zero-order valence-electron chi connectivity index (χ0n) is 14.9. The second-order valence-corrected chi connectivity index (χ2v) is 7.38. The molecule has 1 atom stereocenters. The van der Waals surface area contributed by atoms with Crippen LogP contribution in [0.2, 0.25) is 0 Å². The summed E-state index contributed by atoms with van der Waals surface area (Å²) in [6, 6.07) is 12.0. The molecule has 0 spiro atoms. The Hall–Kier alpha value is -2.18. The third kappa shape index (κ3) is 3.81. The molecular weight excluding hydrogens is 330 g/mol. The minimum atomic E-state index is -0.738. The van der Waals surface area contributed by atoms with E-state index in [-0.39, 0.29) is 19.1 Å². The summed E-state index contributed by atoms with van der Waals surface area (Å²) >= 11 is 0. The van der Waals surface area contributed by atoms with E-state index in [9.17, 15) is 9.90 Å². The SMILES string of the molecule is O=C(Cn1ccc(C2CC2)n1)N1CCO[C@](CO)(Cc2ccccc2)C1. The van der Waals surface area contributed by atoms with Gasteiger partial charge in [-0.05, 0) is 24.5 Å². The standard InChI is InChI=1S/C20H25N3O3/c24-15-20(12-16-4-2-1-3-5-16)14-22(10-11-26-20)19(25)13-23-9-8-18(21-23)17-6-7-17/h1-5,8-9,17,24H,6-7,10-15H2/t20-/m1/s1. The molecule has 1 aliphatic carbocycles. The number of aliphatic hydroxyl groups is 1. The van der Waals surface area contributed by atoms with E-state index in [0.717, 1.165) is 11.3 Å². The van der Waals surface area contributed by atoms with Gasteiger partial charge >= 0.3 is 0 Å². The second kappa shape index (κ2) is 7.21. The second-order valence-electron chi connectivity index (χ2n) is 7.38. The van der Waals surface area contributed by atoms with E-state index >= 15 is 0 Å². The maximum absolute atomic E-state index is 12.7. The van der Waals surface area contributed by atoms with Crippen molar-refractivity contribution in [2.45, 2.75) is 37.3 Å². The van der Waals surface area contributed by atoms with Crippen molar-refractivity contribution in [2.75, 3.05) is 26.3 Å². The third-order valence-electron chi connectivity index (χ3n) is 5.21. The fraction of sp³-hybridized carbons (Fsp3) is 0.500. The smallest absolute Gasteiger partial charge is 0.244 e. The Morgan fingerprint density at radius 3 is 2.81 bits per heavy atom. The molecule has 6 nitrogen and oxygen atoms in total. The minimum absolute atomic E-state index is 0.0182. The molecule has 2 heterocycles. The summed E-state index contributed by atoms with van der Waals surface area (Å²) in [6.45, 7) is 1.50. The van der Waals surface area contributed by atoms with E-state index in [1.807, 2.05) is 42.6 Å². The maximum atomic E-state index is 12.7. The molecule has 0 unspecified atom stereocenters. The summed E-state index contributed by atoms with van der Waals surface area (Å²) < 4.78 is 7.65. The molecule has 0 radical (unpaired) electrons. The molecular formula is C20H25N3O3. The first-order valence-electron chi connectivity index (χ1n) is 9.27. The van der Waals surface area contributed by atoms with Crippen molar-refractivity contribution < 1.29 is 14.6 Å². The monoisotopic (exact) mass is 355 g/mol. The zero-order chi connectivity index (χ0) is 18.0. The van der Waals surface area contributed by atoms with Gasteiger partial charge in [0.25, 0.3) is 0 Å². The van der Waals surface area contributed by atoms with Crippen molar-refractivity contribution in [3.63, 3.8) is 0 Å². The summed E-state index contributed by atoms with van der Waals surface area (Å²) in [5.41, 5.74) is 1.45. The number of ether oxygens (including phenoxy) is 1. The van der Waals surface area contributed by atoms with Gasteiger partial charge in [-0.25, -0.2) is 0 Å². The fourth-order valence-corrected chi connectivity index (χ4v) is 3.58. The number of morpholine rings is 1. The molecule has 1 saturated carbocycles. The first-order chi connectivity index (χ1) is 12.7. The molecule has 1 N–H and O–H groups in total. The van der Waals surface area contributed by atoms with Crippen molar-refractivity contribution >= 4 is 5.91 Å². The average Bonchev–Trinajstić information content (AvgIpc) is 3.42. The molecule has 1 aromatic carbocycles. The van der Waals surface area contributed by atoms with Crippen molar-refractivity contribution in [3.05, 3.63) is 53.9 Å². The Balaban J connectivity index is 1.41. The molecule has 0 bridgehead atoms. The molecule has 1 aromatic heterocycles. The molecule has 2 aromatic rings. The lowest BCUT2D eigenvalue weighted by Gasteiger charge is -2.42. The normalized spacial score (nSPS) is 23.2. The lowest BCUT2D eigenvalue weighted by Crippen LogP contribution is -2.57. The molecule has 2 aliphatic rings. The predicted octanol–water partition coefficient (Wildman–Crippen LogP) is 1.59. The van der Waals surface area contributed by atoms with Gasteiger partial charge in [-0.15, -0.1) is 0 Å². The Kier molecular flexibility index (Phi) is 4.78. The number of carbonyl (C=O) groups excluding carboxylic acids is 1. The largest absolute Gasteiger partial charge is 0.393 e. The van der Waals surface area contributed by atoms with Gasteiger partial charge in [0.15, 0.2) is 0 Å². The van der Waals surface area contributed by atoms with Crippen LogP contribution in [0.1, 0.15) is 30.0 Å². The van der Waals surface area contributed by atoms with Crippen LogP contribution < -0.4 is 0 Å². The number of rotatable bonds is 6. The van der Waals surface area contributed by atoms with Crippen molar-refractivity contribution in [1.82, 2.24) is 14.7 Å². The van der Waals surface area contributed by atoms with Gasteiger partial charge < -0.3 is 14.7 Å². The average molecular weight is 355 g/mol. The van der Waals surface area contributed by atoms with E-state index in [1.54, 1.807) is 9.58 Å². The van der Waals surface area contributed by atoms with Crippen LogP contribution in [0.3, 0.4) is 0 Å². The van der Waals surface area contributed by atoms with E-state index < -0.39 is 5.60 Å². The summed E-state index contributed by atoms with van der Waals surface area (Å²) in [5, 5.41) is 14.5. The number of amides is 1. The minimum Gasteiger partial charge on any atom is -0.393 e. The highest BCUT2D eigenvalue weighted by molar-refractivity contribution is 5.76. The lowest BCUT2D eigenvalue weighted by molar-refractivity contribution is -0.158. The highest BCUT2D eigenvalue weighted by atomic mass is 16.5. The molecule has 1 aliphatic heterocycles. The highest BCUT2D eigenvalue weighted by Gasteiger charge is 2.38. The Morgan fingerprint density at radius 2 is 2.08 bits per heavy atom. The summed E-state index contributed by atoms with van der Waals surface area (Å²) in [7, 11) is 0. The summed E-state index contributed by atoms with van der Waals surface area (Å²) in [6.07, 6.45) is 4.87. The van der Waals surface area contributed by atoms with Crippen LogP contribution in [-0.4, -0.2) is 57.6 Å². The van der Waals surface area contributed by atoms with Crippen LogP contribution in [0.4, 0.5) is 0 Å². The van der Waals surface area contributed by atoms with E-state index in [2.05, 4.69) is 5.10 Å². The maximum Gasteiger partial charge on any atom is 0.244 e. The van der Waals surface area contributed by atoms with Gasteiger partial charge in [-0.3, -0.25) is 9.48 Å². The first kappa shape index (κ1) is 17.2. The molecule has 26 heavy (non-hydrogen) atoms. The van der Waals surface area contributed by atoms with Crippen molar-refractivity contribution in [1.29, 1.82) is 0 Å². The number of benzene rings is 1. The van der Waals surface area contributed by atoms with Crippen LogP contribution in [-0.2, 0) is 22.5 Å². The van der Waals surface area contributed by atoms with Crippen LogP contribution in [0.5, 0.6) is 0 Å². The molecule has 1 amide bonds. The molecule has 4 rings (SSSR count). The van der Waals surface area contributed by atoms with E-state index in [0.29, 0.717) is 32.0 Å². The fourth-order valence-electron chi connectivity index (χ4n) is 3.58. The topological polar surface area (TPSA) is 67.6 Å². The number of hydrogen-bond acceptors (Lipinski definition) is 4. The predicted molar refractivity (Wildman–Crippen MR) is 96.7 cm³/mol. The lowest BCUT2D eigenvalue weighted by atomic mass is 9.93. The number of hydrogen-bond donors (Lipinski definition) is 1. The molecule has 6 heteroatoms. The number of nitrogens with zero attached hydrogens (tertiary/aromatic N) is 3. The van der Waals surface area contributed by atoms with Crippen molar-refractivity contribution in [3.8, 4) is 0 Å². The number of carbonyl (C=O) groups is 1. The van der Waals surface area contributed by atoms with Crippen LogP contribution in [0.15, 0.2) is 42.6 Å². The van der Waals surface area contributed by atoms with Crippen LogP contribution in [0.25, 0.3) is 0 Å². The number of aromatic nitrogens is 2. The number of aliphatic hydroxyl groups excluding tert-OH is 1. The molecule has 1 saturated heterocycles. The van der Waals surface area contributed by atoms with Crippen LogP contribution >= 0.6 is 0 Å². The Bertz CT molecular complexity index is 757. The first-order valence-corrected chi connectivity index (χ1v) is 9.27. The Labute approximate surface area is 153 Å². The van der Waals surface area contributed by atoms with Gasteiger partial charge in [-0.1, -0.05) is 30.3 Å². The van der Waals surface area contributed by atoms with E-state index in [4.69, 9.17) is 4.74 Å². The van der Waals surface area contributed by atoms with Gasteiger partial charge in [0.2, 0.25) is 5.91 Å². The Morgan fingerprint density at radius 1 is 1.27 bits per heavy atom. The van der Waals surface area contributed by atoms with Gasteiger partial charge in [0, 0.05) is 25.1 Å². The van der Waals surface area contributed by atoms with Gasteiger partial charge in [-0.2, -0.15) is 5.10 Å². The highest BCUT2D eigenvalue weighted by Crippen LogP contribution is 2.38. The molecule has 2 fully saturated rings. The van der Waals surface area contributed by atoms with Gasteiger partial charge in [0.05, 0.1) is 25.5 Å². The van der Waals surface area contributed by atoms with E-state index in [1.165, 1.54) is 12.8 Å². The van der Waals surface area contributed by atoms with Crippen LogP contribution in [0, 0.1) is 0 Å². The summed E-state index contributed by atoms with van der Waals surface area (Å²) in [5.74, 6) is 0.604. The summed E-state index contributed by atoms with van der Waals surface area (Å²) in [4.78, 5) is 14.5. The quantitative estimate of drug-likeness (QED) is 0.855. The third-order valence-corrected chi connectivity index (χ3v) is 5.21. The molecule has 138 valence electrons.